The Morgan fingerprint density at radius 3 is 2.65 bits per heavy atom. The highest BCUT2D eigenvalue weighted by atomic mass is 32.2. The van der Waals surface area contributed by atoms with Crippen LogP contribution in [0.5, 0.6) is 0 Å². The molecule has 3 heterocycles. The Morgan fingerprint density at radius 1 is 1.19 bits per heavy atom. The molecule has 3 aromatic heterocycles. The Morgan fingerprint density at radius 2 is 1.97 bits per heavy atom. The van der Waals surface area contributed by atoms with Crippen LogP contribution in [0.4, 0.5) is 5.69 Å². The molecule has 0 fully saturated rings. The summed E-state index contributed by atoms with van der Waals surface area (Å²) in [5.74, 6) is 1.45. The van der Waals surface area contributed by atoms with Gasteiger partial charge in [0.25, 0.3) is 16.7 Å². The number of thiophene rings is 1. The summed E-state index contributed by atoms with van der Waals surface area (Å²) in [7, 11) is 0. The van der Waals surface area contributed by atoms with Crippen LogP contribution >= 0.6 is 23.1 Å². The van der Waals surface area contributed by atoms with Crippen molar-refractivity contribution in [1.82, 2.24) is 15.0 Å². The number of carbonyl (C=O) groups is 1. The second-order valence-electron chi connectivity index (χ2n) is 7.43. The molecule has 0 radical (unpaired) electrons. The number of fused-ring (bicyclic) bond motifs is 1. The van der Waals surface area contributed by atoms with Gasteiger partial charge in [0, 0.05) is 5.69 Å². The van der Waals surface area contributed by atoms with E-state index in [0.717, 1.165) is 28.3 Å². The van der Waals surface area contributed by atoms with Gasteiger partial charge in [-0.1, -0.05) is 29.5 Å². The lowest BCUT2D eigenvalue weighted by molar-refractivity contribution is 0.103. The summed E-state index contributed by atoms with van der Waals surface area (Å²) in [6, 6.07) is 5.85. The molecule has 0 spiro atoms. The Kier molecular flexibility index (Phi) is 5.72. The highest BCUT2D eigenvalue weighted by Gasteiger charge is 2.20. The number of nitrogens with zero attached hydrogens (tertiary/aromatic N) is 2. The maximum atomic E-state index is 12.9. The summed E-state index contributed by atoms with van der Waals surface area (Å²) >= 11 is 2.59. The number of benzene rings is 1. The summed E-state index contributed by atoms with van der Waals surface area (Å²) in [6.07, 6.45) is 0. The third-order valence-corrected chi connectivity index (χ3v) is 7.05. The number of amides is 1. The molecular formula is C22H22N4O3S2. The van der Waals surface area contributed by atoms with Gasteiger partial charge in [0.15, 0.2) is 0 Å². The van der Waals surface area contributed by atoms with Crippen molar-refractivity contribution in [2.45, 2.75) is 45.6 Å². The first-order valence-electron chi connectivity index (χ1n) is 9.70. The molecule has 0 aliphatic carbocycles. The van der Waals surface area contributed by atoms with Crippen LogP contribution in [0.1, 0.15) is 43.6 Å². The highest BCUT2D eigenvalue weighted by molar-refractivity contribution is 7.98. The number of anilines is 1. The van der Waals surface area contributed by atoms with Gasteiger partial charge in [-0.15, -0.1) is 11.3 Å². The zero-order chi connectivity index (χ0) is 22.3. The van der Waals surface area contributed by atoms with Crippen LogP contribution in [-0.2, 0) is 5.75 Å². The molecule has 7 nitrogen and oxygen atoms in total. The van der Waals surface area contributed by atoms with E-state index < -0.39 is 0 Å². The largest absolute Gasteiger partial charge is 0.437 e. The zero-order valence-electron chi connectivity index (χ0n) is 17.9. The van der Waals surface area contributed by atoms with E-state index in [1.54, 1.807) is 6.92 Å². The van der Waals surface area contributed by atoms with Gasteiger partial charge in [-0.3, -0.25) is 9.59 Å². The van der Waals surface area contributed by atoms with Crippen molar-refractivity contribution < 1.29 is 9.21 Å². The molecule has 4 aromatic rings. The van der Waals surface area contributed by atoms with Crippen LogP contribution in [0.25, 0.3) is 10.2 Å². The van der Waals surface area contributed by atoms with E-state index in [4.69, 9.17) is 4.42 Å². The smallest absolute Gasteiger partial charge is 0.266 e. The van der Waals surface area contributed by atoms with Gasteiger partial charge >= 0.3 is 0 Å². The second kappa shape index (κ2) is 8.32. The average molecular weight is 455 g/mol. The normalized spacial score (nSPS) is 11.3. The molecule has 2 N–H and O–H groups in total. The second-order valence-corrected chi connectivity index (χ2v) is 9.36. The minimum absolute atomic E-state index is 0.242. The number of aromatic nitrogens is 3. The van der Waals surface area contributed by atoms with Crippen LogP contribution in [-0.4, -0.2) is 20.9 Å². The number of oxazole rings is 1. The number of H-pyrrole nitrogens is 1. The summed E-state index contributed by atoms with van der Waals surface area (Å²) < 4.78 is 5.56. The first kappa shape index (κ1) is 21.3. The van der Waals surface area contributed by atoms with Crippen LogP contribution < -0.4 is 10.9 Å². The predicted octanol–water partition coefficient (Wildman–Crippen LogP) is 5.06. The minimum Gasteiger partial charge on any atom is -0.437 e. The summed E-state index contributed by atoms with van der Waals surface area (Å²) in [6.45, 7) is 9.48. The van der Waals surface area contributed by atoms with Crippen LogP contribution in [0.15, 0.2) is 32.6 Å². The molecule has 0 aliphatic heterocycles. The molecule has 0 saturated heterocycles. The summed E-state index contributed by atoms with van der Waals surface area (Å²) in [5.41, 5.74) is 4.09. The van der Waals surface area contributed by atoms with Crippen molar-refractivity contribution in [2.75, 3.05) is 5.32 Å². The van der Waals surface area contributed by atoms with Gasteiger partial charge in [0.05, 0.1) is 21.7 Å². The maximum absolute atomic E-state index is 12.9. The lowest BCUT2D eigenvalue weighted by Crippen LogP contribution is -2.13. The van der Waals surface area contributed by atoms with Crippen molar-refractivity contribution in [3.8, 4) is 0 Å². The zero-order valence-corrected chi connectivity index (χ0v) is 19.5. The number of thioether (sulfide) groups is 1. The summed E-state index contributed by atoms with van der Waals surface area (Å²) in [5, 5.41) is 3.94. The number of hydrogen-bond donors (Lipinski definition) is 2. The molecule has 0 unspecified atom stereocenters. The first-order valence-corrected chi connectivity index (χ1v) is 11.5. The molecule has 0 aliphatic rings. The van der Waals surface area contributed by atoms with Crippen LogP contribution in [0, 0.1) is 34.6 Å². The molecule has 0 saturated carbocycles. The number of hydrogen-bond acceptors (Lipinski definition) is 7. The van der Waals surface area contributed by atoms with Crippen molar-refractivity contribution in [1.29, 1.82) is 0 Å². The van der Waals surface area contributed by atoms with E-state index in [-0.39, 0.29) is 11.5 Å². The molecule has 0 bridgehead atoms. The Hall–Kier alpha value is -2.91. The van der Waals surface area contributed by atoms with Gasteiger partial charge in [-0.25, -0.2) is 9.97 Å². The molecule has 31 heavy (non-hydrogen) atoms. The number of aromatic amines is 1. The van der Waals surface area contributed by atoms with Crippen molar-refractivity contribution >= 4 is 44.9 Å². The van der Waals surface area contributed by atoms with Crippen LogP contribution in [0.3, 0.4) is 0 Å². The standard InChI is InChI=1S/C22H22N4O3S2/c1-10-6-7-15(11(2)8-10)24-20(28)18-12(3)17-19(27)25-16(26-21(17)31-18)9-30-22-23-13(4)14(5)29-22/h6-8H,9H2,1-5H3,(H,24,28)(H,25,26,27). The van der Waals surface area contributed by atoms with E-state index in [1.165, 1.54) is 23.1 Å². The predicted molar refractivity (Wildman–Crippen MR) is 124 cm³/mol. The van der Waals surface area contributed by atoms with Gasteiger partial charge in [0.2, 0.25) is 0 Å². The molecule has 160 valence electrons. The molecule has 1 amide bonds. The van der Waals surface area contributed by atoms with E-state index in [1.807, 2.05) is 45.9 Å². The van der Waals surface area contributed by atoms with Gasteiger partial charge in [-0.2, -0.15) is 0 Å². The number of rotatable bonds is 5. The highest BCUT2D eigenvalue weighted by Crippen LogP contribution is 2.29. The van der Waals surface area contributed by atoms with Crippen LogP contribution in [0.2, 0.25) is 0 Å². The number of nitrogens with one attached hydrogen (secondary N) is 2. The molecular weight excluding hydrogens is 432 g/mol. The van der Waals surface area contributed by atoms with Crippen molar-refractivity contribution in [3.63, 3.8) is 0 Å². The van der Waals surface area contributed by atoms with Gasteiger partial charge in [-0.05, 0) is 51.8 Å². The van der Waals surface area contributed by atoms with Crippen molar-refractivity contribution in [3.05, 3.63) is 67.4 Å². The maximum Gasteiger partial charge on any atom is 0.266 e. The Labute approximate surface area is 187 Å². The van der Waals surface area contributed by atoms with E-state index in [0.29, 0.717) is 37.5 Å². The minimum atomic E-state index is -0.250. The Balaban J connectivity index is 1.60. The Bertz CT molecular complexity index is 1350. The average Bonchev–Trinajstić information content (AvgIpc) is 3.21. The fourth-order valence-corrected chi connectivity index (χ4v) is 5.12. The monoisotopic (exact) mass is 454 g/mol. The number of carbonyl (C=O) groups excluding carboxylic acids is 1. The lowest BCUT2D eigenvalue weighted by Gasteiger charge is -2.08. The van der Waals surface area contributed by atoms with Crippen molar-refractivity contribution in [2.24, 2.45) is 0 Å². The topological polar surface area (TPSA) is 101 Å². The fourth-order valence-electron chi connectivity index (χ4n) is 3.24. The van der Waals surface area contributed by atoms with Gasteiger partial charge < -0.3 is 14.7 Å². The molecule has 4 rings (SSSR count). The summed E-state index contributed by atoms with van der Waals surface area (Å²) in [4.78, 5) is 38.4. The number of aryl methyl sites for hydroxylation is 5. The van der Waals surface area contributed by atoms with Gasteiger partial charge in [0.1, 0.15) is 16.4 Å². The molecule has 1 aromatic carbocycles. The molecule has 0 atom stereocenters. The third kappa shape index (κ3) is 4.28. The van der Waals surface area contributed by atoms with E-state index in [9.17, 15) is 9.59 Å². The first-order chi connectivity index (χ1) is 14.7. The third-order valence-electron chi connectivity index (χ3n) is 5.03. The van der Waals surface area contributed by atoms with E-state index >= 15 is 0 Å². The fraction of sp³-hybridized carbons (Fsp3) is 0.273. The SMILES string of the molecule is Cc1ccc(NC(=O)c2sc3nc(CSc4nc(C)c(C)o4)[nH]c(=O)c3c2C)c(C)c1. The molecule has 9 heteroatoms. The quantitative estimate of drug-likeness (QED) is 0.409. The van der Waals surface area contributed by atoms with E-state index in [2.05, 4.69) is 20.3 Å². The lowest BCUT2D eigenvalue weighted by atomic mass is 10.1.